The van der Waals surface area contributed by atoms with Crippen LogP contribution in [-0.2, 0) is 4.79 Å². The Morgan fingerprint density at radius 3 is 2.09 bits per heavy atom. The van der Waals surface area contributed by atoms with Gasteiger partial charge >= 0.3 is 0 Å². The molecule has 0 aromatic heterocycles. The van der Waals surface area contributed by atoms with Gasteiger partial charge in [0.2, 0.25) is 5.91 Å². The molecular weight excluding hydrogens is 403 g/mol. The summed E-state index contributed by atoms with van der Waals surface area (Å²) in [5.74, 6) is 0.653. The number of carbonyl (C=O) groups excluding carboxylic acids is 1. The molecule has 0 unspecified atom stereocenters. The third-order valence-electron chi connectivity index (χ3n) is 2.89. The number of amides is 1. The topological polar surface area (TPSA) is 65.5 Å². The summed E-state index contributed by atoms with van der Waals surface area (Å²) in [5.41, 5.74) is 0.176. The van der Waals surface area contributed by atoms with E-state index in [4.69, 9.17) is 0 Å². The second-order valence-corrected chi connectivity index (χ2v) is 7.94. The molecule has 0 radical (unpaired) electrons. The highest BCUT2D eigenvalue weighted by atomic mass is 127. The Kier molecular flexibility index (Phi) is 12.8. The number of halogens is 1. The zero-order valence-electron chi connectivity index (χ0n) is 16.0. The number of unbranched alkanes of at least 4 members (excludes halogenated alkanes) is 1. The zero-order chi connectivity index (χ0) is 17.2. The molecule has 138 valence electrons. The SMILES string of the molecule is CCNC(=NCC(=O)NC(C)(C)C)NCCCCC(C)(C)C.I. The fraction of sp³-hybridized carbons (Fsp3) is 0.882. The van der Waals surface area contributed by atoms with E-state index < -0.39 is 0 Å². The van der Waals surface area contributed by atoms with E-state index in [0.29, 0.717) is 11.4 Å². The van der Waals surface area contributed by atoms with Crippen LogP contribution in [0.2, 0.25) is 0 Å². The van der Waals surface area contributed by atoms with Crippen molar-refractivity contribution in [3.8, 4) is 0 Å². The van der Waals surface area contributed by atoms with Crippen molar-refractivity contribution in [2.45, 2.75) is 73.3 Å². The van der Waals surface area contributed by atoms with Crippen molar-refractivity contribution in [2.24, 2.45) is 10.4 Å². The molecule has 0 saturated heterocycles. The molecule has 0 spiro atoms. The first-order valence-electron chi connectivity index (χ1n) is 8.37. The van der Waals surface area contributed by atoms with Gasteiger partial charge in [-0.05, 0) is 46.0 Å². The minimum Gasteiger partial charge on any atom is -0.357 e. The molecule has 5 nitrogen and oxygen atoms in total. The maximum atomic E-state index is 11.8. The summed E-state index contributed by atoms with van der Waals surface area (Å²) >= 11 is 0. The molecule has 0 atom stereocenters. The van der Waals surface area contributed by atoms with Crippen LogP contribution in [-0.4, -0.2) is 37.0 Å². The molecule has 0 rings (SSSR count). The van der Waals surface area contributed by atoms with E-state index in [2.05, 4.69) is 41.7 Å². The highest BCUT2D eigenvalue weighted by molar-refractivity contribution is 14.0. The van der Waals surface area contributed by atoms with Gasteiger partial charge in [-0.3, -0.25) is 4.79 Å². The summed E-state index contributed by atoms with van der Waals surface area (Å²) < 4.78 is 0. The van der Waals surface area contributed by atoms with Crippen LogP contribution in [0.4, 0.5) is 0 Å². The van der Waals surface area contributed by atoms with Crippen LogP contribution in [0.25, 0.3) is 0 Å². The normalized spacial score (nSPS) is 12.4. The molecule has 0 aliphatic carbocycles. The number of hydrogen-bond donors (Lipinski definition) is 3. The predicted molar refractivity (Wildman–Crippen MR) is 111 cm³/mol. The molecule has 0 fully saturated rings. The molecule has 0 heterocycles. The third-order valence-corrected chi connectivity index (χ3v) is 2.89. The lowest BCUT2D eigenvalue weighted by molar-refractivity contribution is -0.121. The summed E-state index contributed by atoms with van der Waals surface area (Å²) in [5, 5.41) is 9.36. The highest BCUT2D eigenvalue weighted by Gasteiger charge is 2.13. The number of hydrogen-bond acceptors (Lipinski definition) is 2. The lowest BCUT2D eigenvalue weighted by Crippen LogP contribution is -2.43. The zero-order valence-corrected chi connectivity index (χ0v) is 18.3. The van der Waals surface area contributed by atoms with Crippen molar-refractivity contribution >= 4 is 35.8 Å². The Balaban J connectivity index is 0. The number of guanidine groups is 1. The van der Waals surface area contributed by atoms with Gasteiger partial charge in [-0.15, -0.1) is 24.0 Å². The maximum absolute atomic E-state index is 11.8. The van der Waals surface area contributed by atoms with Gasteiger partial charge < -0.3 is 16.0 Å². The lowest BCUT2D eigenvalue weighted by atomic mass is 9.90. The molecule has 0 aliphatic rings. The second-order valence-electron chi connectivity index (χ2n) is 7.94. The van der Waals surface area contributed by atoms with Crippen LogP contribution in [0, 0.1) is 5.41 Å². The number of rotatable bonds is 7. The van der Waals surface area contributed by atoms with Gasteiger partial charge in [0.05, 0.1) is 0 Å². The first kappa shape index (κ1) is 24.7. The Bertz CT molecular complexity index is 357. The summed E-state index contributed by atoms with van der Waals surface area (Å²) in [7, 11) is 0. The number of nitrogens with zero attached hydrogens (tertiary/aromatic N) is 1. The third kappa shape index (κ3) is 17.7. The van der Waals surface area contributed by atoms with Crippen LogP contribution in [0.5, 0.6) is 0 Å². The highest BCUT2D eigenvalue weighted by Crippen LogP contribution is 2.21. The minimum absolute atomic E-state index is 0. The number of carbonyl (C=O) groups is 1. The van der Waals surface area contributed by atoms with Crippen molar-refractivity contribution in [3.05, 3.63) is 0 Å². The van der Waals surface area contributed by atoms with Crippen molar-refractivity contribution in [3.63, 3.8) is 0 Å². The standard InChI is InChI=1S/C17H36N4O.HI/c1-8-18-15(19-12-10-9-11-16(2,3)4)20-13-14(22)21-17(5,6)7;/h8-13H2,1-7H3,(H,21,22)(H2,18,19,20);1H. The van der Waals surface area contributed by atoms with Crippen LogP contribution >= 0.6 is 24.0 Å². The average molecular weight is 440 g/mol. The summed E-state index contributed by atoms with van der Waals surface area (Å²) in [6.45, 7) is 16.5. The van der Waals surface area contributed by atoms with E-state index in [0.717, 1.165) is 19.5 Å². The molecular formula is C17H37IN4O. The van der Waals surface area contributed by atoms with E-state index in [9.17, 15) is 4.79 Å². The van der Waals surface area contributed by atoms with Crippen LogP contribution in [0.15, 0.2) is 4.99 Å². The monoisotopic (exact) mass is 440 g/mol. The van der Waals surface area contributed by atoms with Gasteiger partial charge in [-0.1, -0.05) is 27.2 Å². The molecule has 6 heteroatoms. The largest absolute Gasteiger partial charge is 0.357 e. The van der Waals surface area contributed by atoms with Crippen molar-refractivity contribution < 1.29 is 4.79 Å². The average Bonchev–Trinajstić information content (AvgIpc) is 2.31. The number of aliphatic imine (C=N–C) groups is 1. The molecule has 3 N–H and O–H groups in total. The molecule has 0 aromatic carbocycles. The smallest absolute Gasteiger partial charge is 0.242 e. The van der Waals surface area contributed by atoms with Crippen LogP contribution < -0.4 is 16.0 Å². The second kappa shape index (κ2) is 11.9. The summed E-state index contributed by atoms with van der Waals surface area (Å²) in [4.78, 5) is 16.1. The molecule has 0 aromatic rings. The van der Waals surface area contributed by atoms with Gasteiger partial charge in [-0.25, -0.2) is 4.99 Å². The van der Waals surface area contributed by atoms with E-state index >= 15 is 0 Å². The number of nitrogens with one attached hydrogen (secondary N) is 3. The fourth-order valence-corrected chi connectivity index (χ4v) is 1.94. The van der Waals surface area contributed by atoms with Gasteiger partial charge in [0.15, 0.2) is 5.96 Å². The fourth-order valence-electron chi connectivity index (χ4n) is 1.94. The Hall–Kier alpha value is -0.530. The molecule has 0 bridgehead atoms. The molecule has 0 aliphatic heterocycles. The van der Waals surface area contributed by atoms with Crippen molar-refractivity contribution in [2.75, 3.05) is 19.6 Å². The minimum atomic E-state index is -0.217. The van der Waals surface area contributed by atoms with Gasteiger partial charge in [-0.2, -0.15) is 0 Å². The van der Waals surface area contributed by atoms with Gasteiger partial charge in [0.25, 0.3) is 0 Å². The quantitative estimate of drug-likeness (QED) is 0.246. The molecule has 1 amide bonds. The Labute approximate surface area is 159 Å². The van der Waals surface area contributed by atoms with Gasteiger partial charge in [0.1, 0.15) is 6.54 Å². The van der Waals surface area contributed by atoms with E-state index in [1.807, 2.05) is 27.7 Å². The van der Waals surface area contributed by atoms with Crippen LogP contribution in [0.3, 0.4) is 0 Å². The Morgan fingerprint density at radius 1 is 1.00 bits per heavy atom. The van der Waals surface area contributed by atoms with E-state index in [1.165, 1.54) is 12.8 Å². The van der Waals surface area contributed by atoms with Gasteiger partial charge in [0, 0.05) is 18.6 Å². The first-order valence-corrected chi connectivity index (χ1v) is 8.37. The lowest BCUT2D eigenvalue weighted by Gasteiger charge is -2.20. The van der Waals surface area contributed by atoms with E-state index in [1.54, 1.807) is 0 Å². The van der Waals surface area contributed by atoms with Crippen LogP contribution in [0.1, 0.15) is 67.7 Å². The Morgan fingerprint density at radius 2 is 1.61 bits per heavy atom. The van der Waals surface area contributed by atoms with Crippen molar-refractivity contribution in [1.82, 2.24) is 16.0 Å². The first-order chi connectivity index (χ1) is 10.0. The summed E-state index contributed by atoms with van der Waals surface area (Å²) in [6, 6.07) is 0. The molecule has 0 saturated carbocycles. The summed E-state index contributed by atoms with van der Waals surface area (Å²) in [6.07, 6.45) is 3.52. The van der Waals surface area contributed by atoms with Crippen molar-refractivity contribution in [1.29, 1.82) is 0 Å². The predicted octanol–water partition coefficient (Wildman–Crippen LogP) is 3.29. The molecule has 23 heavy (non-hydrogen) atoms. The van der Waals surface area contributed by atoms with E-state index in [-0.39, 0.29) is 42.0 Å². The maximum Gasteiger partial charge on any atom is 0.242 e.